The van der Waals surface area contributed by atoms with Gasteiger partial charge < -0.3 is 34.5 Å². The number of nitrogens with zero attached hydrogens (tertiary/aromatic N) is 2. The van der Waals surface area contributed by atoms with E-state index in [9.17, 15) is 22.8 Å². The second-order valence-corrected chi connectivity index (χ2v) is 22.7. The number of nitrogens with one attached hydrogen (secondary N) is 3. The predicted octanol–water partition coefficient (Wildman–Crippen LogP) is 6.96. The van der Waals surface area contributed by atoms with Crippen LogP contribution in [0.4, 0.5) is 9.18 Å². The van der Waals surface area contributed by atoms with Gasteiger partial charge in [-0.15, -0.1) is 0 Å². The molecule has 0 spiro atoms. The van der Waals surface area contributed by atoms with E-state index in [0.29, 0.717) is 65.3 Å². The van der Waals surface area contributed by atoms with Crippen molar-refractivity contribution in [1.82, 2.24) is 25.2 Å². The molecule has 15 nitrogen and oxygen atoms in total. The molecule has 2 aromatic carbocycles. The number of hydrogen-bond donors (Lipinski definition) is 3. The molecule has 9 rings (SSSR count). The number of allylic oxidation sites excluding steroid dienone is 1. The Kier molecular flexibility index (Phi) is 12.5. The van der Waals surface area contributed by atoms with Crippen molar-refractivity contribution in [1.29, 1.82) is 0 Å². The van der Waals surface area contributed by atoms with Gasteiger partial charge in [0.2, 0.25) is 27.7 Å². The van der Waals surface area contributed by atoms with Crippen LogP contribution in [0.2, 0.25) is 0 Å². The molecule has 6 aliphatic rings. The Labute approximate surface area is 391 Å². The van der Waals surface area contributed by atoms with Gasteiger partial charge in [0.1, 0.15) is 35.6 Å². The fraction of sp³-hybridized carbons (Fsp3) is 0.580. The molecule has 17 heteroatoms. The Hall–Kier alpha value is -5.45. The second kappa shape index (κ2) is 17.9. The Morgan fingerprint density at radius 3 is 2.45 bits per heavy atom. The van der Waals surface area contributed by atoms with Crippen LogP contribution in [0.25, 0.3) is 22.0 Å². The molecule has 4 saturated carbocycles. The summed E-state index contributed by atoms with van der Waals surface area (Å²) in [5.41, 5.74) is -0.753. The van der Waals surface area contributed by atoms with Crippen molar-refractivity contribution in [3.63, 3.8) is 0 Å². The van der Waals surface area contributed by atoms with Crippen LogP contribution in [0.15, 0.2) is 54.6 Å². The highest BCUT2D eigenvalue weighted by Crippen LogP contribution is 2.53. The Balaban J connectivity index is 1.06. The lowest BCUT2D eigenvalue weighted by Gasteiger charge is -2.33. The van der Waals surface area contributed by atoms with E-state index in [-0.39, 0.29) is 55.1 Å². The average Bonchev–Trinajstić information content (AvgIpc) is 4.24. The van der Waals surface area contributed by atoms with Crippen LogP contribution in [0, 0.1) is 35.4 Å². The van der Waals surface area contributed by atoms with E-state index in [1.807, 2.05) is 32.9 Å². The molecular formula is C50H62FN5O10S. The summed E-state index contributed by atoms with van der Waals surface area (Å²) in [6.07, 6.45) is 7.49. The molecule has 10 atom stereocenters. The van der Waals surface area contributed by atoms with E-state index in [1.54, 1.807) is 50.4 Å². The Morgan fingerprint density at radius 1 is 0.985 bits per heavy atom. The van der Waals surface area contributed by atoms with Crippen LogP contribution in [-0.2, 0) is 29.1 Å². The van der Waals surface area contributed by atoms with Crippen LogP contribution >= 0.6 is 0 Å². The van der Waals surface area contributed by atoms with E-state index in [1.165, 1.54) is 11.0 Å². The van der Waals surface area contributed by atoms with E-state index >= 15 is 9.18 Å². The Bertz CT molecular complexity index is 2590. The molecule has 360 valence electrons. The number of amides is 4. The van der Waals surface area contributed by atoms with Crippen LogP contribution in [0.3, 0.4) is 0 Å². The number of halogens is 1. The third-order valence-corrected chi connectivity index (χ3v) is 17.0. The highest BCUT2D eigenvalue weighted by molar-refractivity contribution is 7.91. The number of carbonyl (C=O) groups excluding carboxylic acids is 4. The minimum Gasteiger partial charge on any atom is -0.497 e. The lowest BCUT2D eigenvalue weighted by Crippen LogP contribution is -2.59. The predicted molar refractivity (Wildman–Crippen MR) is 247 cm³/mol. The number of sulfonamides is 1. The van der Waals surface area contributed by atoms with Crippen molar-refractivity contribution in [3.05, 3.63) is 60.4 Å². The largest absolute Gasteiger partial charge is 0.497 e. The monoisotopic (exact) mass is 943 g/mol. The number of ether oxygens (including phenoxy) is 4. The van der Waals surface area contributed by atoms with Gasteiger partial charge >= 0.3 is 6.09 Å². The SMILES string of the molecule is COc1ccc2c(O[C@@H]3C[C@H]4C(=O)N[C@]5(C(=O)NS(=O)(=O)C6(C)CC6)CC5/C=C\CC[C@H](C)C[C@@H](C)[C@H](NC(=O)O[C@@H]5C[C@@H]6C[C@@H]6C5)C(=O)N4C3)nc(-c3ccc(OC(C)C)c(F)c3)cc2c1. The Morgan fingerprint density at radius 2 is 1.75 bits per heavy atom. The minimum atomic E-state index is -4.05. The zero-order valence-electron chi connectivity index (χ0n) is 39.0. The summed E-state index contributed by atoms with van der Waals surface area (Å²) in [5, 5.41) is 7.11. The molecule has 3 N–H and O–H groups in total. The van der Waals surface area contributed by atoms with Gasteiger partial charge in [0.25, 0.3) is 5.91 Å². The first-order valence-corrected chi connectivity index (χ1v) is 25.3. The first kappa shape index (κ1) is 46.7. The summed E-state index contributed by atoms with van der Waals surface area (Å²) < 4.78 is 67.1. The van der Waals surface area contributed by atoms with Crippen LogP contribution in [0.5, 0.6) is 17.4 Å². The molecule has 67 heavy (non-hydrogen) atoms. The summed E-state index contributed by atoms with van der Waals surface area (Å²) in [4.78, 5) is 64.1. The normalized spacial score (nSPS) is 31.5. The zero-order valence-corrected chi connectivity index (χ0v) is 39.8. The topological polar surface area (TPSA) is 192 Å². The molecule has 4 amide bonds. The van der Waals surface area contributed by atoms with Crippen LogP contribution < -0.4 is 29.6 Å². The third kappa shape index (κ3) is 9.66. The lowest BCUT2D eigenvalue weighted by molar-refractivity contribution is -0.142. The van der Waals surface area contributed by atoms with E-state index in [2.05, 4.69) is 22.3 Å². The molecular weight excluding hydrogens is 882 g/mol. The maximum atomic E-state index is 15.4. The van der Waals surface area contributed by atoms with E-state index in [4.69, 9.17) is 23.9 Å². The molecule has 3 aromatic rings. The van der Waals surface area contributed by atoms with Gasteiger partial charge in [-0.2, -0.15) is 0 Å². The molecule has 5 fully saturated rings. The maximum absolute atomic E-state index is 15.4. The lowest BCUT2D eigenvalue weighted by atomic mass is 9.88. The van der Waals surface area contributed by atoms with Gasteiger partial charge in [0.15, 0.2) is 11.6 Å². The quantitative estimate of drug-likeness (QED) is 0.168. The summed E-state index contributed by atoms with van der Waals surface area (Å²) >= 11 is 0. The number of rotatable bonds is 11. The van der Waals surface area contributed by atoms with Gasteiger partial charge in [-0.1, -0.05) is 26.0 Å². The highest BCUT2D eigenvalue weighted by Gasteiger charge is 2.63. The highest BCUT2D eigenvalue weighted by atomic mass is 32.2. The smallest absolute Gasteiger partial charge is 0.408 e. The molecule has 0 bridgehead atoms. The molecule has 1 aromatic heterocycles. The number of alkyl carbamates (subject to hydrolysis) is 1. The third-order valence-electron chi connectivity index (χ3n) is 14.9. The maximum Gasteiger partial charge on any atom is 0.408 e. The van der Waals surface area contributed by atoms with Crippen LogP contribution in [0.1, 0.15) is 98.8 Å². The molecule has 0 radical (unpaired) electrons. The number of benzene rings is 2. The van der Waals surface area contributed by atoms with Gasteiger partial charge in [0, 0.05) is 23.3 Å². The summed E-state index contributed by atoms with van der Waals surface area (Å²) in [5.74, 6) is -1.36. The average molecular weight is 944 g/mol. The second-order valence-electron chi connectivity index (χ2n) is 20.5. The van der Waals surface area contributed by atoms with Crippen molar-refractivity contribution in [3.8, 4) is 28.6 Å². The van der Waals surface area contributed by atoms with Gasteiger partial charge in [-0.25, -0.2) is 22.6 Å². The molecule has 3 heterocycles. The van der Waals surface area contributed by atoms with Crippen molar-refractivity contribution < 1.29 is 50.9 Å². The van der Waals surface area contributed by atoms with E-state index < -0.39 is 74.0 Å². The number of methoxy groups -OCH3 is 1. The first-order chi connectivity index (χ1) is 31.8. The number of hydrogen-bond acceptors (Lipinski definition) is 11. The van der Waals surface area contributed by atoms with Crippen molar-refractivity contribution in [2.75, 3.05) is 13.7 Å². The fourth-order valence-electron chi connectivity index (χ4n) is 10.4. The molecule has 2 aliphatic heterocycles. The minimum absolute atomic E-state index is 0.0433. The number of fused-ring (bicyclic) bond motifs is 4. The molecule has 4 aliphatic carbocycles. The summed E-state index contributed by atoms with van der Waals surface area (Å²) in [6.45, 7) is 9.09. The fourth-order valence-corrected chi connectivity index (χ4v) is 11.7. The van der Waals surface area contributed by atoms with Crippen molar-refractivity contribution in [2.45, 2.75) is 140 Å². The number of carbonyl (C=O) groups is 4. The number of aromatic nitrogens is 1. The van der Waals surface area contributed by atoms with Gasteiger partial charge in [0.05, 0.1) is 30.2 Å². The standard InChI is InChI=1S/C50H62FN5O10S/c1-27(2)64-42-14-11-30(22-39(42)51)40-23-33-21-35(63-6)12-13-38(33)45(52-40)65-37-24-41-44(57)54-50(47(59)55-67(61,62)49(5)15-16-49)25-34(50)10-8-7-9-28(3)17-29(4)43(46(58)56(41)26-37)53-48(60)66-36-19-31-18-32(31)20-36/h8,10-14,21-23,27-29,31-32,34,36-37,41,43H,7,9,15-20,24-26H2,1-6H3,(H,53,60)(H,54,57)(H,55,59)/b10-8-/t28-,29+,31-,32+,34?,36+,37+,41-,43-,50+/m0/s1. The summed E-state index contributed by atoms with van der Waals surface area (Å²) in [7, 11) is -2.50. The van der Waals surface area contributed by atoms with Crippen LogP contribution in [-0.4, -0.2) is 96.5 Å². The van der Waals surface area contributed by atoms with Crippen molar-refractivity contribution >= 4 is 44.6 Å². The van der Waals surface area contributed by atoms with Gasteiger partial charge in [-0.3, -0.25) is 19.1 Å². The first-order valence-electron chi connectivity index (χ1n) is 23.8. The van der Waals surface area contributed by atoms with Crippen molar-refractivity contribution in [2.24, 2.45) is 29.6 Å². The van der Waals surface area contributed by atoms with Gasteiger partial charge in [-0.05, 0) is 150 Å². The summed E-state index contributed by atoms with van der Waals surface area (Å²) in [6, 6.07) is 9.43. The number of pyridine rings is 1. The molecule has 1 unspecified atom stereocenters. The van der Waals surface area contributed by atoms with E-state index in [0.717, 1.165) is 25.7 Å². The zero-order chi connectivity index (χ0) is 47.6. The molecule has 1 saturated heterocycles.